The number of hydrogen-bond acceptors (Lipinski definition) is 1. The lowest BCUT2D eigenvalue weighted by atomic mass is 10.0. The highest BCUT2D eigenvalue weighted by atomic mass is 31.2. The van der Waals surface area contributed by atoms with Gasteiger partial charge in [-0.3, -0.25) is 0 Å². The minimum absolute atomic E-state index is 0. The SMILES string of the molecule is CCCCCCCCCCCCCCCCCC[P+](CCCCCC)(CCCCCC)CCCCCC.[OH-]. The average molecular weight is 557 g/mol. The number of hydrogen-bond donors (Lipinski definition) is 0. The Labute approximate surface area is 244 Å². The van der Waals surface area contributed by atoms with Gasteiger partial charge < -0.3 is 5.48 Å². The summed E-state index contributed by atoms with van der Waals surface area (Å²) in [6, 6.07) is 0. The molecular weight excluding hydrogens is 479 g/mol. The fourth-order valence-corrected chi connectivity index (χ4v) is 11.2. The Bertz CT molecular complexity index is 379. The van der Waals surface area contributed by atoms with Gasteiger partial charge in [0.05, 0.1) is 24.6 Å². The molecule has 0 atom stereocenters. The van der Waals surface area contributed by atoms with E-state index in [0.717, 1.165) is 0 Å². The summed E-state index contributed by atoms with van der Waals surface area (Å²) in [5.41, 5.74) is 0. The Kier molecular flexibility index (Phi) is 35.8. The summed E-state index contributed by atoms with van der Waals surface area (Å²) in [6.07, 6.45) is 48.1. The molecule has 0 aromatic heterocycles. The highest BCUT2D eigenvalue weighted by Crippen LogP contribution is 2.61. The molecule has 0 aromatic rings. The first kappa shape index (κ1) is 40.5. The van der Waals surface area contributed by atoms with Crippen molar-refractivity contribution in [1.82, 2.24) is 0 Å². The van der Waals surface area contributed by atoms with Crippen molar-refractivity contribution in [3.63, 3.8) is 0 Å². The lowest BCUT2D eigenvalue weighted by Crippen LogP contribution is -2.13. The van der Waals surface area contributed by atoms with Crippen molar-refractivity contribution in [2.75, 3.05) is 24.6 Å². The molecule has 0 aliphatic heterocycles. The van der Waals surface area contributed by atoms with Gasteiger partial charge in [-0.05, 0) is 51.4 Å². The minimum Gasteiger partial charge on any atom is -0.870 e. The summed E-state index contributed by atoms with van der Waals surface area (Å²) >= 11 is 0. The average Bonchev–Trinajstić information content (AvgIpc) is 2.91. The highest BCUT2D eigenvalue weighted by Gasteiger charge is 2.34. The van der Waals surface area contributed by atoms with Gasteiger partial charge in [-0.25, -0.2) is 0 Å². The van der Waals surface area contributed by atoms with E-state index >= 15 is 0 Å². The molecule has 0 heterocycles. The van der Waals surface area contributed by atoms with Crippen LogP contribution < -0.4 is 0 Å². The van der Waals surface area contributed by atoms with Crippen molar-refractivity contribution >= 4 is 7.26 Å². The van der Waals surface area contributed by atoms with Crippen LogP contribution in [0.5, 0.6) is 0 Å². The van der Waals surface area contributed by atoms with Crippen LogP contribution in [0.15, 0.2) is 0 Å². The fraction of sp³-hybridized carbons (Fsp3) is 1.00. The lowest BCUT2D eigenvalue weighted by Gasteiger charge is -2.28. The van der Waals surface area contributed by atoms with E-state index in [2.05, 4.69) is 27.7 Å². The van der Waals surface area contributed by atoms with Crippen LogP contribution in [0.4, 0.5) is 0 Å². The maximum atomic E-state index is 2.37. The standard InChI is InChI=1S/C36H76P.H2O/c1-5-9-13-17-18-19-20-21-22-23-24-25-26-27-28-32-36-37(33-29-14-10-6-2,34-30-15-11-7-3)35-31-16-12-8-4;/h5-36H2,1-4H3;1H2/q+1;/p-1. The Hall–Kier alpha value is 0.390. The topological polar surface area (TPSA) is 30.0 Å². The highest BCUT2D eigenvalue weighted by molar-refractivity contribution is 7.75. The summed E-state index contributed by atoms with van der Waals surface area (Å²) in [5.74, 6) is 0. The Morgan fingerprint density at radius 3 is 0.605 bits per heavy atom. The largest absolute Gasteiger partial charge is 0.870 e. The maximum Gasteiger partial charge on any atom is 0.0594 e. The molecule has 1 N–H and O–H groups in total. The molecule has 232 valence electrons. The van der Waals surface area contributed by atoms with Crippen LogP contribution in [-0.4, -0.2) is 30.1 Å². The molecule has 38 heavy (non-hydrogen) atoms. The molecule has 0 amide bonds. The third-order valence-corrected chi connectivity index (χ3v) is 14.0. The summed E-state index contributed by atoms with van der Waals surface area (Å²) in [5, 5.41) is 0. The molecule has 0 aromatic carbocycles. The third-order valence-electron chi connectivity index (χ3n) is 8.94. The molecule has 0 unspecified atom stereocenters. The van der Waals surface area contributed by atoms with Gasteiger partial charge in [-0.15, -0.1) is 0 Å². The molecule has 1 nitrogen and oxygen atoms in total. The van der Waals surface area contributed by atoms with Gasteiger partial charge in [0.1, 0.15) is 0 Å². The first-order valence-corrected chi connectivity index (χ1v) is 20.6. The van der Waals surface area contributed by atoms with Crippen LogP contribution in [0.2, 0.25) is 0 Å². The summed E-state index contributed by atoms with van der Waals surface area (Å²) in [7, 11) is -0.705. The number of unbranched alkanes of at least 4 members (excludes halogenated alkanes) is 24. The molecule has 0 aliphatic rings. The van der Waals surface area contributed by atoms with E-state index in [0.29, 0.717) is 0 Å². The van der Waals surface area contributed by atoms with Crippen molar-refractivity contribution in [3.8, 4) is 0 Å². The van der Waals surface area contributed by atoms with Crippen LogP contribution in [-0.2, 0) is 0 Å². The van der Waals surface area contributed by atoms with E-state index in [4.69, 9.17) is 0 Å². The molecule has 0 aliphatic carbocycles. The van der Waals surface area contributed by atoms with Crippen LogP contribution >= 0.6 is 7.26 Å². The second kappa shape index (κ2) is 33.6. The Balaban J connectivity index is 0. The molecule has 0 rings (SSSR count). The van der Waals surface area contributed by atoms with E-state index in [1.165, 1.54) is 154 Å². The first-order valence-electron chi connectivity index (χ1n) is 18.1. The summed E-state index contributed by atoms with van der Waals surface area (Å²) in [4.78, 5) is 0. The molecule has 0 bridgehead atoms. The van der Waals surface area contributed by atoms with Crippen molar-refractivity contribution in [2.24, 2.45) is 0 Å². The second-order valence-electron chi connectivity index (χ2n) is 12.7. The maximum absolute atomic E-state index is 2.37. The third kappa shape index (κ3) is 27.9. The first-order chi connectivity index (χ1) is 18.2. The quantitative estimate of drug-likeness (QED) is 0.0598. The zero-order valence-corrected chi connectivity index (χ0v) is 28.4. The minimum atomic E-state index is -0.705. The van der Waals surface area contributed by atoms with E-state index in [9.17, 15) is 0 Å². The zero-order chi connectivity index (χ0) is 27.1. The predicted octanol–water partition coefficient (Wildman–Crippen LogP) is 13.8. The second-order valence-corrected chi connectivity index (χ2v) is 17.2. The molecule has 0 saturated heterocycles. The molecule has 0 spiro atoms. The van der Waals surface area contributed by atoms with Crippen molar-refractivity contribution < 1.29 is 5.48 Å². The smallest absolute Gasteiger partial charge is 0.0594 e. The normalized spacial score (nSPS) is 11.7. The molecule has 0 saturated carbocycles. The van der Waals surface area contributed by atoms with E-state index in [-0.39, 0.29) is 5.48 Å². The van der Waals surface area contributed by atoms with Gasteiger partial charge in [0.15, 0.2) is 0 Å². The van der Waals surface area contributed by atoms with Gasteiger partial charge >= 0.3 is 0 Å². The van der Waals surface area contributed by atoms with Gasteiger partial charge in [0, 0.05) is 7.26 Å². The van der Waals surface area contributed by atoms with Crippen molar-refractivity contribution in [3.05, 3.63) is 0 Å². The van der Waals surface area contributed by atoms with E-state index in [1.807, 2.05) is 0 Å². The zero-order valence-electron chi connectivity index (χ0n) is 27.5. The molecule has 0 fully saturated rings. The van der Waals surface area contributed by atoms with Gasteiger partial charge in [-0.1, -0.05) is 156 Å². The van der Waals surface area contributed by atoms with Crippen LogP contribution in [0.25, 0.3) is 0 Å². The van der Waals surface area contributed by atoms with E-state index < -0.39 is 7.26 Å². The fourth-order valence-electron chi connectivity index (χ4n) is 6.29. The Morgan fingerprint density at radius 2 is 0.395 bits per heavy atom. The molecular formula is C36H77OP. The summed E-state index contributed by atoms with van der Waals surface area (Å²) < 4.78 is 0. The molecule has 0 radical (unpaired) electrons. The number of rotatable bonds is 32. The van der Waals surface area contributed by atoms with Crippen molar-refractivity contribution in [1.29, 1.82) is 0 Å². The predicted molar refractivity (Wildman–Crippen MR) is 180 cm³/mol. The van der Waals surface area contributed by atoms with Gasteiger partial charge in [-0.2, -0.15) is 0 Å². The van der Waals surface area contributed by atoms with Crippen molar-refractivity contribution in [2.45, 2.75) is 207 Å². The van der Waals surface area contributed by atoms with Crippen LogP contribution in [0, 0.1) is 0 Å². The van der Waals surface area contributed by atoms with E-state index in [1.54, 1.807) is 50.3 Å². The summed E-state index contributed by atoms with van der Waals surface area (Å²) in [6.45, 7) is 9.42. The molecule has 2 heteroatoms. The van der Waals surface area contributed by atoms with Gasteiger partial charge in [0.25, 0.3) is 0 Å². The Morgan fingerprint density at radius 1 is 0.237 bits per heavy atom. The van der Waals surface area contributed by atoms with Crippen LogP contribution in [0.1, 0.15) is 207 Å². The lowest BCUT2D eigenvalue weighted by molar-refractivity contribution is 0.531. The van der Waals surface area contributed by atoms with Gasteiger partial charge in [0.2, 0.25) is 0 Å². The van der Waals surface area contributed by atoms with Crippen LogP contribution in [0.3, 0.4) is 0 Å². The monoisotopic (exact) mass is 557 g/mol.